The van der Waals surface area contributed by atoms with E-state index in [2.05, 4.69) is 0 Å². The number of rotatable bonds is 9. The minimum absolute atomic E-state index is 0.580. The molecule has 2 aromatic rings. The van der Waals surface area contributed by atoms with Crippen molar-refractivity contribution < 1.29 is 10.2 Å². The lowest BCUT2D eigenvalue weighted by atomic mass is 10.2. The standard InChI is InChI=1S/C20H30N4O2/c1-15(25)23(19-9-5-17(21)6-10-19)13-3-4-14-24(16(2)26)20-11-7-18(22)8-12-20/h5-12,15-16,25-26H,3-4,13-14,21-22H2,1-2H3. The van der Waals surface area contributed by atoms with E-state index in [1.807, 2.05) is 58.3 Å². The molecule has 142 valence electrons. The third-order valence-corrected chi connectivity index (χ3v) is 4.40. The Bertz CT molecular complexity index is 597. The van der Waals surface area contributed by atoms with Crippen molar-refractivity contribution in [2.24, 2.45) is 0 Å². The minimum atomic E-state index is -0.580. The SMILES string of the molecule is CC(O)N(CCCCN(c1ccc(N)cc1)C(C)O)c1ccc(N)cc1. The molecule has 0 spiro atoms. The van der Waals surface area contributed by atoms with Gasteiger partial charge in [-0.2, -0.15) is 0 Å². The highest BCUT2D eigenvalue weighted by Crippen LogP contribution is 2.21. The average molecular weight is 358 g/mol. The summed E-state index contributed by atoms with van der Waals surface area (Å²) < 4.78 is 0. The summed E-state index contributed by atoms with van der Waals surface area (Å²) in [6.45, 7) is 4.95. The molecule has 2 atom stereocenters. The van der Waals surface area contributed by atoms with E-state index >= 15 is 0 Å². The van der Waals surface area contributed by atoms with E-state index in [9.17, 15) is 10.2 Å². The van der Waals surface area contributed by atoms with Crippen molar-refractivity contribution in [1.29, 1.82) is 0 Å². The Hall–Kier alpha value is -2.44. The molecular formula is C20H30N4O2. The van der Waals surface area contributed by atoms with E-state index in [0.717, 1.165) is 37.3 Å². The first kappa shape index (κ1) is 19.9. The predicted octanol–water partition coefficient (Wildman–Crippen LogP) is 2.62. The zero-order valence-electron chi connectivity index (χ0n) is 15.5. The van der Waals surface area contributed by atoms with Gasteiger partial charge < -0.3 is 31.5 Å². The molecule has 6 nitrogen and oxygen atoms in total. The molecule has 0 bridgehead atoms. The van der Waals surface area contributed by atoms with Gasteiger partial charge in [0.05, 0.1) is 0 Å². The molecule has 2 rings (SSSR count). The quantitative estimate of drug-likeness (QED) is 0.312. The molecule has 0 aromatic heterocycles. The Labute approximate surface area is 155 Å². The van der Waals surface area contributed by atoms with E-state index in [4.69, 9.17) is 11.5 Å². The summed E-state index contributed by atoms with van der Waals surface area (Å²) in [5.41, 5.74) is 14.8. The maximum absolute atomic E-state index is 10.1. The van der Waals surface area contributed by atoms with Crippen molar-refractivity contribution in [2.45, 2.75) is 39.1 Å². The predicted molar refractivity (Wildman–Crippen MR) is 109 cm³/mol. The monoisotopic (exact) mass is 358 g/mol. The Morgan fingerprint density at radius 1 is 0.692 bits per heavy atom. The normalized spacial score (nSPS) is 13.2. The first-order valence-corrected chi connectivity index (χ1v) is 8.99. The van der Waals surface area contributed by atoms with Gasteiger partial charge in [0.1, 0.15) is 12.5 Å². The molecule has 0 aliphatic rings. The van der Waals surface area contributed by atoms with Gasteiger partial charge in [0.25, 0.3) is 0 Å². The first-order valence-electron chi connectivity index (χ1n) is 8.99. The summed E-state index contributed by atoms with van der Waals surface area (Å²) in [7, 11) is 0. The maximum atomic E-state index is 10.1. The Kier molecular flexibility index (Phi) is 7.12. The molecule has 0 aliphatic heterocycles. The molecule has 0 fully saturated rings. The molecule has 26 heavy (non-hydrogen) atoms. The number of anilines is 4. The highest BCUT2D eigenvalue weighted by atomic mass is 16.3. The lowest BCUT2D eigenvalue weighted by Crippen LogP contribution is -2.36. The fourth-order valence-electron chi connectivity index (χ4n) is 2.96. The first-order chi connectivity index (χ1) is 12.4. The third-order valence-electron chi connectivity index (χ3n) is 4.40. The second-order valence-electron chi connectivity index (χ2n) is 6.54. The van der Waals surface area contributed by atoms with Gasteiger partial charge in [-0.25, -0.2) is 0 Å². The van der Waals surface area contributed by atoms with Crippen LogP contribution in [0.4, 0.5) is 22.7 Å². The zero-order chi connectivity index (χ0) is 19.1. The Balaban J connectivity index is 1.91. The Morgan fingerprint density at radius 2 is 1.00 bits per heavy atom. The van der Waals surface area contributed by atoms with Crippen molar-refractivity contribution in [3.05, 3.63) is 48.5 Å². The molecule has 0 saturated carbocycles. The van der Waals surface area contributed by atoms with Crippen LogP contribution in [0.15, 0.2) is 48.5 Å². The van der Waals surface area contributed by atoms with E-state index in [1.54, 1.807) is 13.8 Å². The van der Waals surface area contributed by atoms with Gasteiger partial charge in [-0.15, -0.1) is 0 Å². The topological polar surface area (TPSA) is 99.0 Å². The van der Waals surface area contributed by atoms with E-state index in [0.29, 0.717) is 11.4 Å². The number of hydrogen-bond donors (Lipinski definition) is 4. The Morgan fingerprint density at radius 3 is 1.27 bits per heavy atom. The van der Waals surface area contributed by atoms with Crippen LogP contribution < -0.4 is 21.3 Å². The maximum Gasteiger partial charge on any atom is 0.124 e. The highest BCUT2D eigenvalue weighted by Gasteiger charge is 2.14. The largest absolute Gasteiger partial charge is 0.399 e. The highest BCUT2D eigenvalue weighted by molar-refractivity contribution is 5.54. The zero-order valence-corrected chi connectivity index (χ0v) is 15.5. The molecule has 0 saturated heterocycles. The molecule has 2 unspecified atom stereocenters. The van der Waals surface area contributed by atoms with E-state index in [1.165, 1.54) is 0 Å². The van der Waals surface area contributed by atoms with Crippen LogP contribution in [-0.2, 0) is 0 Å². The number of nitrogens with two attached hydrogens (primary N) is 2. The smallest absolute Gasteiger partial charge is 0.124 e. The van der Waals surface area contributed by atoms with Gasteiger partial charge >= 0.3 is 0 Å². The van der Waals surface area contributed by atoms with Crippen molar-refractivity contribution in [1.82, 2.24) is 0 Å². The van der Waals surface area contributed by atoms with Crippen LogP contribution in [-0.4, -0.2) is 35.8 Å². The van der Waals surface area contributed by atoms with Crippen molar-refractivity contribution in [3.8, 4) is 0 Å². The summed E-state index contributed by atoms with van der Waals surface area (Å²) in [6, 6.07) is 15.0. The molecular weight excluding hydrogens is 328 g/mol. The fraction of sp³-hybridized carbons (Fsp3) is 0.400. The molecule has 0 radical (unpaired) electrons. The summed E-state index contributed by atoms with van der Waals surface area (Å²) in [5.74, 6) is 0. The molecule has 6 heteroatoms. The summed E-state index contributed by atoms with van der Waals surface area (Å²) in [4.78, 5) is 3.88. The van der Waals surface area contributed by atoms with Gasteiger partial charge in [-0.1, -0.05) is 0 Å². The van der Waals surface area contributed by atoms with E-state index in [-0.39, 0.29) is 0 Å². The minimum Gasteiger partial charge on any atom is -0.399 e. The number of benzene rings is 2. The van der Waals surface area contributed by atoms with Gasteiger partial charge in [-0.05, 0) is 75.2 Å². The molecule has 0 heterocycles. The molecule has 0 aliphatic carbocycles. The molecule has 6 N–H and O–H groups in total. The second kappa shape index (κ2) is 9.31. The molecule has 0 amide bonds. The van der Waals surface area contributed by atoms with Crippen LogP contribution >= 0.6 is 0 Å². The number of hydrogen-bond acceptors (Lipinski definition) is 6. The average Bonchev–Trinajstić information content (AvgIpc) is 2.60. The van der Waals surface area contributed by atoms with Crippen LogP contribution in [0.1, 0.15) is 26.7 Å². The second-order valence-corrected chi connectivity index (χ2v) is 6.54. The number of unbranched alkanes of at least 4 members (excludes halogenated alkanes) is 1. The molecule has 2 aromatic carbocycles. The van der Waals surface area contributed by atoms with Crippen LogP contribution in [0.2, 0.25) is 0 Å². The van der Waals surface area contributed by atoms with Crippen molar-refractivity contribution in [3.63, 3.8) is 0 Å². The van der Waals surface area contributed by atoms with Crippen LogP contribution in [0.25, 0.3) is 0 Å². The van der Waals surface area contributed by atoms with Crippen molar-refractivity contribution in [2.75, 3.05) is 34.4 Å². The number of aliphatic hydroxyl groups excluding tert-OH is 2. The lowest BCUT2D eigenvalue weighted by molar-refractivity contribution is 0.183. The van der Waals surface area contributed by atoms with Gasteiger partial charge in [-0.3, -0.25) is 0 Å². The lowest BCUT2D eigenvalue weighted by Gasteiger charge is -2.30. The fourth-order valence-corrected chi connectivity index (χ4v) is 2.96. The number of nitrogens with zero attached hydrogens (tertiary/aromatic N) is 2. The number of aliphatic hydroxyl groups is 2. The third kappa shape index (κ3) is 5.54. The summed E-state index contributed by atoms with van der Waals surface area (Å²) in [6.07, 6.45) is 0.605. The number of nitrogen functional groups attached to an aromatic ring is 2. The van der Waals surface area contributed by atoms with Gasteiger partial charge in [0.15, 0.2) is 0 Å². The van der Waals surface area contributed by atoms with Crippen LogP contribution in [0.5, 0.6) is 0 Å². The van der Waals surface area contributed by atoms with Gasteiger partial charge in [0, 0.05) is 35.8 Å². The summed E-state index contributed by atoms with van der Waals surface area (Å²) >= 11 is 0. The van der Waals surface area contributed by atoms with Crippen molar-refractivity contribution >= 4 is 22.7 Å². The van der Waals surface area contributed by atoms with Gasteiger partial charge in [0.2, 0.25) is 0 Å². The summed E-state index contributed by atoms with van der Waals surface area (Å²) in [5, 5.41) is 20.1. The van der Waals surface area contributed by atoms with E-state index < -0.39 is 12.5 Å². The van der Waals surface area contributed by atoms with Crippen LogP contribution in [0.3, 0.4) is 0 Å². The van der Waals surface area contributed by atoms with Crippen LogP contribution in [0, 0.1) is 0 Å².